The van der Waals surface area contributed by atoms with Gasteiger partial charge in [-0.05, 0) is 35.9 Å². The fourth-order valence-electron chi connectivity index (χ4n) is 3.14. The Morgan fingerprint density at radius 1 is 0.929 bits per heavy atom. The number of hydrogen-bond donors (Lipinski definition) is 1. The van der Waals surface area contributed by atoms with Crippen molar-refractivity contribution < 1.29 is 13.6 Å². The van der Waals surface area contributed by atoms with Crippen molar-refractivity contribution >= 4 is 34.1 Å². The van der Waals surface area contributed by atoms with Crippen molar-refractivity contribution in [2.45, 2.75) is 6.54 Å². The number of rotatable bonds is 4. The number of amides is 1. The molecule has 0 aliphatic rings. The van der Waals surface area contributed by atoms with Gasteiger partial charge in [0, 0.05) is 28.7 Å². The predicted molar refractivity (Wildman–Crippen MR) is 107 cm³/mol. The molecule has 28 heavy (non-hydrogen) atoms. The van der Waals surface area contributed by atoms with Crippen molar-refractivity contribution in [3.8, 4) is 0 Å². The molecule has 0 radical (unpaired) electrons. The maximum atomic E-state index is 13.9. The maximum Gasteiger partial charge on any atom is 0.257 e. The highest BCUT2D eigenvalue weighted by Crippen LogP contribution is 2.25. The summed E-state index contributed by atoms with van der Waals surface area (Å²) in [5.41, 5.74) is 1.74. The molecule has 1 heterocycles. The number of benzene rings is 3. The van der Waals surface area contributed by atoms with E-state index in [4.69, 9.17) is 11.6 Å². The minimum atomic E-state index is -0.821. The van der Waals surface area contributed by atoms with Gasteiger partial charge in [0.25, 0.3) is 5.91 Å². The second kappa shape index (κ2) is 7.44. The zero-order valence-electron chi connectivity index (χ0n) is 14.6. The van der Waals surface area contributed by atoms with Crippen LogP contribution in [0.4, 0.5) is 14.5 Å². The van der Waals surface area contributed by atoms with Gasteiger partial charge in [-0.2, -0.15) is 0 Å². The van der Waals surface area contributed by atoms with Crippen molar-refractivity contribution in [3.63, 3.8) is 0 Å². The van der Waals surface area contributed by atoms with Gasteiger partial charge in [0.1, 0.15) is 17.3 Å². The van der Waals surface area contributed by atoms with Crippen LogP contribution < -0.4 is 5.32 Å². The average Bonchev–Trinajstić information content (AvgIpc) is 3.05. The number of halogens is 3. The van der Waals surface area contributed by atoms with E-state index in [1.807, 2.05) is 34.9 Å². The van der Waals surface area contributed by atoms with Gasteiger partial charge in [-0.15, -0.1) is 0 Å². The lowest BCUT2D eigenvalue weighted by Gasteiger charge is -2.07. The summed E-state index contributed by atoms with van der Waals surface area (Å²) in [6, 6.07) is 18.3. The summed E-state index contributed by atoms with van der Waals surface area (Å²) in [6.45, 7) is 0.527. The Balaban J connectivity index is 1.71. The summed E-state index contributed by atoms with van der Waals surface area (Å²) >= 11 is 5.94. The molecular formula is C22H15ClF2N2O. The fraction of sp³-hybridized carbons (Fsp3) is 0.0455. The summed E-state index contributed by atoms with van der Waals surface area (Å²) in [7, 11) is 0. The molecular weight excluding hydrogens is 382 g/mol. The second-order valence-electron chi connectivity index (χ2n) is 6.37. The van der Waals surface area contributed by atoms with Crippen molar-refractivity contribution in [1.29, 1.82) is 0 Å². The van der Waals surface area contributed by atoms with Crippen molar-refractivity contribution in [2.24, 2.45) is 0 Å². The second-order valence-corrected chi connectivity index (χ2v) is 6.80. The number of carbonyl (C=O) groups excluding carboxylic acids is 1. The molecule has 4 aromatic rings. The first-order chi connectivity index (χ1) is 13.5. The lowest BCUT2D eigenvalue weighted by molar-refractivity contribution is 0.102. The van der Waals surface area contributed by atoms with Crippen LogP contribution in [-0.4, -0.2) is 10.5 Å². The van der Waals surface area contributed by atoms with Gasteiger partial charge in [-0.25, -0.2) is 8.78 Å². The minimum absolute atomic E-state index is 0.340. The lowest BCUT2D eigenvalue weighted by Crippen LogP contribution is -2.14. The van der Waals surface area contributed by atoms with Crippen molar-refractivity contribution in [1.82, 2.24) is 4.57 Å². The van der Waals surface area contributed by atoms with E-state index in [1.165, 1.54) is 6.07 Å². The summed E-state index contributed by atoms with van der Waals surface area (Å²) in [5.74, 6) is -2.22. The predicted octanol–water partition coefficient (Wildman–Crippen LogP) is 5.87. The van der Waals surface area contributed by atoms with E-state index in [-0.39, 0.29) is 0 Å². The third kappa shape index (κ3) is 3.49. The number of nitrogens with zero attached hydrogens (tertiary/aromatic N) is 1. The van der Waals surface area contributed by atoms with Crippen molar-refractivity contribution in [3.05, 3.63) is 101 Å². The van der Waals surface area contributed by atoms with Gasteiger partial charge >= 0.3 is 0 Å². The molecule has 0 saturated carbocycles. The van der Waals surface area contributed by atoms with Gasteiger partial charge in [0.05, 0.1) is 5.56 Å². The van der Waals surface area contributed by atoms with Gasteiger partial charge in [-0.1, -0.05) is 48.0 Å². The van der Waals surface area contributed by atoms with Crippen LogP contribution in [-0.2, 0) is 6.54 Å². The molecule has 0 saturated heterocycles. The van der Waals surface area contributed by atoms with Gasteiger partial charge in [0.2, 0.25) is 0 Å². The SMILES string of the molecule is O=C(Nc1c(F)cccc1F)c1cn(Cc2ccc(Cl)cc2)c2ccccc12. The maximum absolute atomic E-state index is 13.9. The normalized spacial score (nSPS) is 11.0. The monoisotopic (exact) mass is 396 g/mol. The van der Waals surface area contributed by atoms with E-state index >= 15 is 0 Å². The molecule has 1 N–H and O–H groups in total. The quantitative estimate of drug-likeness (QED) is 0.459. The van der Waals surface area contributed by atoms with E-state index in [9.17, 15) is 13.6 Å². The third-order valence-corrected chi connectivity index (χ3v) is 4.75. The number of anilines is 1. The van der Waals surface area contributed by atoms with Gasteiger partial charge < -0.3 is 9.88 Å². The Morgan fingerprint density at radius 2 is 1.61 bits per heavy atom. The fourth-order valence-corrected chi connectivity index (χ4v) is 3.27. The molecule has 1 aromatic heterocycles. The van der Waals surface area contributed by atoms with E-state index < -0.39 is 23.2 Å². The lowest BCUT2D eigenvalue weighted by atomic mass is 10.1. The molecule has 140 valence electrons. The van der Waals surface area contributed by atoms with Crippen LogP contribution in [0.5, 0.6) is 0 Å². The van der Waals surface area contributed by atoms with E-state index in [0.717, 1.165) is 23.2 Å². The first-order valence-electron chi connectivity index (χ1n) is 8.60. The van der Waals surface area contributed by atoms with Crippen molar-refractivity contribution in [2.75, 3.05) is 5.32 Å². The molecule has 0 bridgehead atoms. The zero-order valence-corrected chi connectivity index (χ0v) is 15.4. The van der Waals surface area contributed by atoms with E-state index in [2.05, 4.69) is 5.32 Å². The van der Waals surface area contributed by atoms with Crippen LogP contribution in [0, 0.1) is 11.6 Å². The van der Waals surface area contributed by atoms with Crippen LogP contribution >= 0.6 is 11.6 Å². The highest BCUT2D eigenvalue weighted by atomic mass is 35.5. The highest BCUT2D eigenvalue weighted by Gasteiger charge is 2.18. The Labute approximate surface area is 165 Å². The van der Waals surface area contributed by atoms with Gasteiger partial charge in [-0.3, -0.25) is 4.79 Å². The summed E-state index contributed by atoms with van der Waals surface area (Å²) in [4.78, 5) is 12.8. The topological polar surface area (TPSA) is 34.0 Å². The largest absolute Gasteiger partial charge is 0.342 e. The van der Waals surface area contributed by atoms with Crippen LogP contribution in [0.15, 0.2) is 72.9 Å². The number of para-hydroxylation sites is 2. The van der Waals surface area contributed by atoms with Crippen LogP contribution in [0.1, 0.15) is 15.9 Å². The van der Waals surface area contributed by atoms with E-state index in [1.54, 1.807) is 24.4 Å². The molecule has 4 rings (SSSR count). The molecule has 0 aliphatic carbocycles. The van der Waals surface area contributed by atoms with Gasteiger partial charge in [0.15, 0.2) is 0 Å². The average molecular weight is 397 g/mol. The number of carbonyl (C=O) groups is 1. The first kappa shape index (κ1) is 18.2. The smallest absolute Gasteiger partial charge is 0.257 e. The molecule has 6 heteroatoms. The summed E-state index contributed by atoms with van der Waals surface area (Å²) in [6.07, 6.45) is 1.69. The summed E-state index contributed by atoms with van der Waals surface area (Å²) in [5, 5.41) is 3.70. The molecule has 0 atom stereocenters. The molecule has 3 nitrogen and oxygen atoms in total. The van der Waals surface area contributed by atoms with Crippen LogP contribution in [0.3, 0.4) is 0 Å². The molecule has 0 aliphatic heterocycles. The number of hydrogen-bond acceptors (Lipinski definition) is 1. The Morgan fingerprint density at radius 3 is 2.32 bits per heavy atom. The molecule has 3 aromatic carbocycles. The number of nitrogens with one attached hydrogen (secondary N) is 1. The molecule has 1 amide bonds. The highest BCUT2D eigenvalue weighted by molar-refractivity contribution is 6.30. The molecule has 0 fully saturated rings. The Bertz CT molecular complexity index is 1150. The standard InChI is InChI=1S/C22H15ClF2N2O/c23-15-10-8-14(9-11-15)12-27-13-17(16-4-1-2-7-20(16)27)22(28)26-21-18(24)5-3-6-19(21)25/h1-11,13H,12H2,(H,26,28). The van der Waals surface area contributed by atoms with Crippen LogP contribution in [0.25, 0.3) is 10.9 Å². The minimum Gasteiger partial charge on any atom is -0.342 e. The number of aromatic nitrogens is 1. The first-order valence-corrected chi connectivity index (χ1v) is 8.98. The Hall–Kier alpha value is -3.18. The molecule has 0 spiro atoms. The van der Waals surface area contributed by atoms with Crippen LogP contribution in [0.2, 0.25) is 5.02 Å². The summed E-state index contributed by atoms with van der Waals surface area (Å²) < 4.78 is 29.7. The zero-order chi connectivity index (χ0) is 19.7. The Kier molecular flexibility index (Phi) is 4.84. The molecule has 0 unspecified atom stereocenters. The number of fused-ring (bicyclic) bond motifs is 1. The van der Waals surface area contributed by atoms with E-state index in [0.29, 0.717) is 22.5 Å². The third-order valence-electron chi connectivity index (χ3n) is 4.50.